The summed E-state index contributed by atoms with van der Waals surface area (Å²) >= 11 is 3.33. The van der Waals surface area contributed by atoms with Crippen LogP contribution in [-0.2, 0) is 14.3 Å². The number of fused-ring (bicyclic) bond motifs is 2. The number of nitrogens with one attached hydrogen (secondary N) is 1. The molecule has 0 aromatic heterocycles. The summed E-state index contributed by atoms with van der Waals surface area (Å²) in [6.07, 6.45) is 0.886. The van der Waals surface area contributed by atoms with E-state index in [2.05, 4.69) is 21.2 Å². The monoisotopic (exact) mass is 339 g/mol. The second kappa shape index (κ2) is 5.18. The number of carboxylic acid groups (broad SMARTS) is 1. The van der Waals surface area contributed by atoms with Crippen LogP contribution in [0.4, 0.5) is 5.69 Å². The van der Waals surface area contributed by atoms with Crippen LogP contribution in [0.25, 0.3) is 0 Å². The van der Waals surface area contributed by atoms with E-state index in [4.69, 9.17) is 4.74 Å². The molecule has 2 N–H and O–H groups in total. The van der Waals surface area contributed by atoms with Crippen molar-refractivity contribution in [1.29, 1.82) is 0 Å². The van der Waals surface area contributed by atoms with Crippen LogP contribution in [0.15, 0.2) is 28.7 Å². The molecule has 6 heteroatoms. The van der Waals surface area contributed by atoms with Crippen LogP contribution < -0.4 is 5.32 Å². The third-order valence-electron chi connectivity index (χ3n) is 3.95. The smallest absolute Gasteiger partial charge is 0.310 e. The predicted molar refractivity (Wildman–Crippen MR) is 75.3 cm³/mol. The van der Waals surface area contributed by atoms with E-state index in [9.17, 15) is 14.7 Å². The number of halogens is 1. The van der Waals surface area contributed by atoms with Crippen molar-refractivity contribution in [2.24, 2.45) is 11.8 Å². The lowest BCUT2D eigenvalue weighted by Gasteiger charge is -2.23. The molecule has 2 fully saturated rings. The van der Waals surface area contributed by atoms with Gasteiger partial charge in [0.05, 0.1) is 24.0 Å². The maximum Gasteiger partial charge on any atom is 0.310 e. The highest BCUT2D eigenvalue weighted by atomic mass is 79.9. The molecule has 2 aliphatic heterocycles. The van der Waals surface area contributed by atoms with E-state index < -0.39 is 17.8 Å². The fourth-order valence-corrected chi connectivity index (χ4v) is 3.52. The van der Waals surface area contributed by atoms with Crippen molar-refractivity contribution < 1.29 is 19.4 Å². The second-order valence-corrected chi connectivity index (χ2v) is 6.10. The molecule has 2 heterocycles. The van der Waals surface area contributed by atoms with E-state index in [-0.39, 0.29) is 18.1 Å². The summed E-state index contributed by atoms with van der Waals surface area (Å²) in [6.45, 7) is 0. The molecule has 0 unspecified atom stereocenters. The van der Waals surface area contributed by atoms with Crippen LogP contribution in [-0.4, -0.2) is 29.2 Å². The number of hydrogen-bond acceptors (Lipinski definition) is 3. The number of carboxylic acids is 1. The summed E-state index contributed by atoms with van der Waals surface area (Å²) < 4.78 is 6.45. The minimum Gasteiger partial charge on any atom is -0.481 e. The van der Waals surface area contributed by atoms with E-state index in [1.54, 1.807) is 12.1 Å². The van der Waals surface area contributed by atoms with Gasteiger partial charge in [0, 0.05) is 10.2 Å². The van der Waals surface area contributed by atoms with E-state index in [0.717, 1.165) is 17.3 Å². The van der Waals surface area contributed by atoms with Crippen molar-refractivity contribution in [1.82, 2.24) is 0 Å². The Morgan fingerprint density at radius 2 is 1.95 bits per heavy atom. The molecular formula is C14H14BrNO4. The topological polar surface area (TPSA) is 75.6 Å². The molecule has 5 nitrogen and oxygen atoms in total. The van der Waals surface area contributed by atoms with Gasteiger partial charge < -0.3 is 15.2 Å². The van der Waals surface area contributed by atoms with Gasteiger partial charge in [-0.05, 0) is 31.0 Å². The first-order valence-electron chi connectivity index (χ1n) is 6.51. The molecule has 2 aliphatic rings. The van der Waals surface area contributed by atoms with Gasteiger partial charge in [0.15, 0.2) is 0 Å². The largest absolute Gasteiger partial charge is 0.481 e. The standard InChI is InChI=1S/C14H14BrNO4/c15-7-2-1-3-8(6-7)16-13(17)11-9-4-5-10(20-9)12(11)14(18)19/h1-3,6,9-12H,4-5H2,(H,16,17)(H,18,19)/t9-,10+,11-,12-/m0/s1. The minimum atomic E-state index is -0.952. The summed E-state index contributed by atoms with van der Waals surface area (Å²) in [5.41, 5.74) is 0.649. The van der Waals surface area contributed by atoms with E-state index in [1.165, 1.54) is 0 Å². The molecular weight excluding hydrogens is 326 g/mol. The molecule has 4 atom stereocenters. The Morgan fingerprint density at radius 3 is 2.60 bits per heavy atom. The molecule has 0 spiro atoms. The molecule has 2 saturated heterocycles. The number of ether oxygens (including phenoxy) is 1. The maximum atomic E-state index is 12.4. The van der Waals surface area contributed by atoms with Crippen molar-refractivity contribution >= 4 is 33.5 Å². The molecule has 106 valence electrons. The zero-order valence-corrected chi connectivity index (χ0v) is 12.2. The van der Waals surface area contributed by atoms with Gasteiger partial charge in [-0.2, -0.15) is 0 Å². The Morgan fingerprint density at radius 1 is 1.25 bits per heavy atom. The lowest BCUT2D eigenvalue weighted by molar-refractivity contribution is -0.147. The van der Waals surface area contributed by atoms with Gasteiger partial charge in [0.2, 0.25) is 5.91 Å². The van der Waals surface area contributed by atoms with Gasteiger partial charge in [-0.15, -0.1) is 0 Å². The molecule has 1 amide bonds. The number of hydrogen-bond donors (Lipinski definition) is 2. The first-order chi connectivity index (χ1) is 9.56. The van der Waals surface area contributed by atoms with Gasteiger partial charge in [0.25, 0.3) is 0 Å². The second-order valence-electron chi connectivity index (χ2n) is 5.18. The lowest BCUT2D eigenvalue weighted by Crippen LogP contribution is -2.40. The Hall–Kier alpha value is -1.40. The summed E-state index contributed by atoms with van der Waals surface area (Å²) in [5.74, 6) is -2.57. The van der Waals surface area contributed by atoms with Gasteiger partial charge in [-0.25, -0.2) is 0 Å². The van der Waals surface area contributed by atoms with Gasteiger partial charge in [-0.3, -0.25) is 9.59 Å². The molecule has 0 saturated carbocycles. The number of aliphatic carboxylic acids is 1. The Kier molecular flexibility index (Phi) is 3.52. The zero-order valence-electron chi connectivity index (χ0n) is 10.6. The number of rotatable bonds is 3. The number of benzene rings is 1. The summed E-state index contributed by atoms with van der Waals surface area (Å²) in [4.78, 5) is 23.7. The average Bonchev–Trinajstić information content (AvgIpc) is 2.98. The normalized spacial score (nSPS) is 31.2. The quantitative estimate of drug-likeness (QED) is 0.885. The molecule has 0 aliphatic carbocycles. The molecule has 20 heavy (non-hydrogen) atoms. The molecule has 2 bridgehead atoms. The average molecular weight is 340 g/mol. The van der Waals surface area contributed by atoms with Crippen molar-refractivity contribution in [3.63, 3.8) is 0 Å². The van der Waals surface area contributed by atoms with Crippen LogP contribution >= 0.6 is 15.9 Å². The third kappa shape index (κ3) is 2.33. The van der Waals surface area contributed by atoms with Crippen molar-refractivity contribution in [3.05, 3.63) is 28.7 Å². The lowest BCUT2D eigenvalue weighted by atomic mass is 9.78. The molecule has 0 radical (unpaired) electrons. The number of carbonyl (C=O) groups is 2. The van der Waals surface area contributed by atoms with Gasteiger partial charge >= 0.3 is 5.97 Å². The minimum absolute atomic E-state index is 0.270. The van der Waals surface area contributed by atoms with E-state index >= 15 is 0 Å². The van der Waals surface area contributed by atoms with Crippen LogP contribution in [0, 0.1) is 11.8 Å². The number of carbonyl (C=O) groups excluding carboxylic acids is 1. The van der Waals surface area contributed by atoms with E-state index in [0.29, 0.717) is 5.69 Å². The fourth-order valence-electron chi connectivity index (χ4n) is 3.12. The molecule has 1 aromatic carbocycles. The van der Waals surface area contributed by atoms with Gasteiger partial charge in [-0.1, -0.05) is 22.0 Å². The zero-order chi connectivity index (χ0) is 14.3. The highest BCUT2D eigenvalue weighted by molar-refractivity contribution is 9.10. The first kappa shape index (κ1) is 13.6. The van der Waals surface area contributed by atoms with Crippen LogP contribution in [0.3, 0.4) is 0 Å². The van der Waals surface area contributed by atoms with Gasteiger partial charge in [0.1, 0.15) is 0 Å². The molecule has 3 rings (SSSR count). The SMILES string of the molecule is O=C(Nc1cccc(Br)c1)[C@@H]1[C@@H](C(=O)O)[C@H]2CC[C@@H]1O2. The summed E-state index contributed by atoms with van der Waals surface area (Å²) in [5, 5.41) is 12.1. The van der Waals surface area contributed by atoms with Crippen molar-refractivity contribution in [2.75, 3.05) is 5.32 Å². The van der Waals surface area contributed by atoms with Crippen LogP contribution in [0.2, 0.25) is 0 Å². The van der Waals surface area contributed by atoms with Crippen molar-refractivity contribution in [2.45, 2.75) is 25.0 Å². The third-order valence-corrected chi connectivity index (χ3v) is 4.45. The highest BCUT2D eigenvalue weighted by Crippen LogP contribution is 2.44. The Bertz CT molecular complexity index is 562. The fraction of sp³-hybridized carbons (Fsp3) is 0.429. The summed E-state index contributed by atoms with van der Waals surface area (Å²) in [6, 6.07) is 7.22. The predicted octanol–water partition coefficient (Wildman–Crippen LogP) is 2.27. The summed E-state index contributed by atoms with van der Waals surface area (Å²) in [7, 11) is 0. The van der Waals surface area contributed by atoms with E-state index in [1.807, 2.05) is 12.1 Å². The number of amides is 1. The molecule has 1 aromatic rings. The first-order valence-corrected chi connectivity index (χ1v) is 7.30. The highest BCUT2D eigenvalue weighted by Gasteiger charge is 2.55. The number of anilines is 1. The Balaban J connectivity index is 1.78. The maximum absolute atomic E-state index is 12.4. The van der Waals surface area contributed by atoms with Crippen molar-refractivity contribution in [3.8, 4) is 0 Å². The Labute approximate surface area is 124 Å². The van der Waals surface area contributed by atoms with Crippen LogP contribution in [0.5, 0.6) is 0 Å². The van der Waals surface area contributed by atoms with Crippen LogP contribution in [0.1, 0.15) is 12.8 Å².